The summed E-state index contributed by atoms with van der Waals surface area (Å²) in [6.07, 6.45) is 2.35. The van der Waals surface area contributed by atoms with Crippen LogP contribution in [-0.2, 0) is 4.74 Å². The van der Waals surface area contributed by atoms with Crippen molar-refractivity contribution >= 4 is 0 Å². The molecule has 18 heavy (non-hydrogen) atoms. The summed E-state index contributed by atoms with van der Waals surface area (Å²) in [5.74, 6) is 0.323. The average molecular weight is 253 g/mol. The van der Waals surface area contributed by atoms with E-state index in [-0.39, 0.29) is 11.9 Å². The highest BCUT2D eigenvalue weighted by Crippen LogP contribution is 2.27. The molecule has 4 heteroatoms. The Labute approximate surface area is 107 Å². The fraction of sp³-hybridized carbons (Fsp3) is 0.571. The van der Waals surface area contributed by atoms with E-state index < -0.39 is 0 Å². The van der Waals surface area contributed by atoms with Gasteiger partial charge in [0.25, 0.3) is 0 Å². The van der Waals surface area contributed by atoms with Crippen molar-refractivity contribution < 1.29 is 13.9 Å². The zero-order valence-electron chi connectivity index (χ0n) is 11.1. The van der Waals surface area contributed by atoms with E-state index in [1.54, 1.807) is 19.2 Å². The van der Waals surface area contributed by atoms with Crippen molar-refractivity contribution in [2.24, 2.45) is 0 Å². The SMILES string of the molecule is COc1ccc(C(C)NC2CC(OC)C2)c(F)c1. The molecule has 0 amide bonds. The van der Waals surface area contributed by atoms with Crippen LogP contribution in [0, 0.1) is 5.82 Å². The number of rotatable bonds is 5. The molecule has 0 aromatic heterocycles. The molecule has 0 aliphatic heterocycles. The highest BCUT2D eigenvalue weighted by atomic mass is 19.1. The number of ether oxygens (including phenoxy) is 2. The quantitative estimate of drug-likeness (QED) is 0.875. The third-order valence-corrected chi connectivity index (χ3v) is 3.59. The molecule has 1 aromatic carbocycles. The Morgan fingerprint density at radius 1 is 1.33 bits per heavy atom. The summed E-state index contributed by atoms with van der Waals surface area (Å²) in [6.45, 7) is 1.98. The summed E-state index contributed by atoms with van der Waals surface area (Å²) in [7, 11) is 3.27. The van der Waals surface area contributed by atoms with E-state index in [1.165, 1.54) is 13.2 Å². The van der Waals surface area contributed by atoms with E-state index >= 15 is 0 Å². The lowest BCUT2D eigenvalue weighted by Gasteiger charge is -2.36. The van der Waals surface area contributed by atoms with Crippen molar-refractivity contribution in [1.29, 1.82) is 0 Å². The van der Waals surface area contributed by atoms with Gasteiger partial charge in [0.15, 0.2) is 0 Å². The van der Waals surface area contributed by atoms with Gasteiger partial charge in [-0.3, -0.25) is 0 Å². The van der Waals surface area contributed by atoms with Crippen LogP contribution in [0.4, 0.5) is 4.39 Å². The minimum absolute atomic E-state index is 0.00119. The molecular weight excluding hydrogens is 233 g/mol. The Balaban J connectivity index is 1.94. The number of nitrogens with one attached hydrogen (secondary N) is 1. The van der Waals surface area contributed by atoms with Gasteiger partial charge in [0, 0.05) is 30.8 Å². The maximum atomic E-state index is 13.9. The predicted molar refractivity (Wildman–Crippen MR) is 68.3 cm³/mol. The van der Waals surface area contributed by atoms with Crippen LogP contribution in [0.3, 0.4) is 0 Å². The maximum absolute atomic E-state index is 13.9. The van der Waals surface area contributed by atoms with Crippen molar-refractivity contribution in [3.63, 3.8) is 0 Å². The van der Waals surface area contributed by atoms with Crippen LogP contribution < -0.4 is 10.1 Å². The molecule has 0 saturated heterocycles. The molecule has 1 saturated carbocycles. The molecule has 1 aliphatic carbocycles. The fourth-order valence-electron chi connectivity index (χ4n) is 2.32. The van der Waals surface area contributed by atoms with Crippen molar-refractivity contribution in [2.45, 2.75) is 38.0 Å². The zero-order valence-corrected chi connectivity index (χ0v) is 11.1. The number of benzene rings is 1. The minimum Gasteiger partial charge on any atom is -0.497 e. The number of hydrogen-bond donors (Lipinski definition) is 1. The van der Waals surface area contributed by atoms with Gasteiger partial charge in [0.2, 0.25) is 0 Å². The molecule has 0 bridgehead atoms. The lowest BCUT2D eigenvalue weighted by atomic mass is 9.88. The lowest BCUT2D eigenvalue weighted by molar-refractivity contribution is 0.0146. The number of halogens is 1. The van der Waals surface area contributed by atoms with Crippen LogP contribution >= 0.6 is 0 Å². The molecule has 0 heterocycles. The van der Waals surface area contributed by atoms with E-state index in [4.69, 9.17) is 9.47 Å². The lowest BCUT2D eigenvalue weighted by Crippen LogP contribution is -2.45. The van der Waals surface area contributed by atoms with Gasteiger partial charge in [0.05, 0.1) is 13.2 Å². The first-order valence-corrected chi connectivity index (χ1v) is 6.26. The Kier molecular flexibility index (Phi) is 4.19. The Morgan fingerprint density at radius 2 is 2.06 bits per heavy atom. The van der Waals surface area contributed by atoms with E-state index in [9.17, 15) is 4.39 Å². The Bertz CT molecular complexity index is 405. The first-order chi connectivity index (χ1) is 8.63. The van der Waals surface area contributed by atoms with Crippen LogP contribution in [0.1, 0.15) is 31.4 Å². The highest BCUT2D eigenvalue weighted by Gasteiger charge is 2.30. The summed E-state index contributed by atoms with van der Waals surface area (Å²) in [5.41, 5.74) is 0.677. The summed E-state index contributed by atoms with van der Waals surface area (Å²) in [4.78, 5) is 0. The molecule has 1 fully saturated rings. The first-order valence-electron chi connectivity index (χ1n) is 6.26. The number of hydrogen-bond acceptors (Lipinski definition) is 3. The second-order valence-corrected chi connectivity index (χ2v) is 4.80. The fourth-order valence-corrected chi connectivity index (χ4v) is 2.32. The van der Waals surface area contributed by atoms with E-state index in [0.717, 1.165) is 12.8 Å². The van der Waals surface area contributed by atoms with Gasteiger partial charge in [-0.05, 0) is 25.8 Å². The molecule has 0 spiro atoms. The van der Waals surface area contributed by atoms with Crippen LogP contribution in [0.5, 0.6) is 5.75 Å². The van der Waals surface area contributed by atoms with Gasteiger partial charge < -0.3 is 14.8 Å². The largest absolute Gasteiger partial charge is 0.497 e. The molecule has 1 atom stereocenters. The summed E-state index contributed by atoms with van der Waals surface area (Å²) in [5, 5.41) is 3.41. The van der Waals surface area contributed by atoms with Gasteiger partial charge in [-0.2, -0.15) is 0 Å². The molecular formula is C14H20FNO2. The normalized spacial score (nSPS) is 24.4. The van der Waals surface area contributed by atoms with Crippen molar-refractivity contribution in [1.82, 2.24) is 5.32 Å². The van der Waals surface area contributed by atoms with Crippen LogP contribution in [0.2, 0.25) is 0 Å². The van der Waals surface area contributed by atoms with Gasteiger partial charge >= 0.3 is 0 Å². The van der Waals surface area contributed by atoms with Crippen molar-refractivity contribution in [2.75, 3.05) is 14.2 Å². The van der Waals surface area contributed by atoms with Crippen LogP contribution in [0.15, 0.2) is 18.2 Å². The topological polar surface area (TPSA) is 30.5 Å². The molecule has 0 radical (unpaired) electrons. The van der Waals surface area contributed by atoms with Crippen molar-refractivity contribution in [3.05, 3.63) is 29.6 Å². The molecule has 2 rings (SSSR count). The average Bonchev–Trinajstić information content (AvgIpc) is 2.32. The van der Waals surface area contributed by atoms with Gasteiger partial charge in [-0.15, -0.1) is 0 Å². The van der Waals surface area contributed by atoms with Crippen molar-refractivity contribution in [3.8, 4) is 5.75 Å². The van der Waals surface area contributed by atoms with Gasteiger partial charge in [-0.1, -0.05) is 6.07 Å². The van der Waals surface area contributed by atoms with Crippen LogP contribution in [-0.4, -0.2) is 26.4 Å². The van der Waals surface area contributed by atoms with E-state index in [2.05, 4.69) is 5.32 Å². The summed E-state index contributed by atoms with van der Waals surface area (Å²) in [6, 6.07) is 5.41. The standard InChI is InChI=1S/C14H20FNO2/c1-9(16-10-6-12(7-10)18-3)13-5-4-11(17-2)8-14(13)15/h4-5,8-10,12,16H,6-7H2,1-3H3. The monoisotopic (exact) mass is 253 g/mol. The van der Waals surface area contributed by atoms with Gasteiger partial charge in [-0.25, -0.2) is 4.39 Å². The van der Waals surface area contributed by atoms with Crippen LogP contribution in [0.25, 0.3) is 0 Å². The zero-order chi connectivity index (χ0) is 13.1. The first kappa shape index (κ1) is 13.3. The number of methoxy groups -OCH3 is 2. The second kappa shape index (κ2) is 5.67. The minimum atomic E-state index is -0.225. The third-order valence-electron chi connectivity index (χ3n) is 3.59. The van der Waals surface area contributed by atoms with E-state index in [1.807, 2.05) is 6.92 Å². The third kappa shape index (κ3) is 2.82. The maximum Gasteiger partial charge on any atom is 0.131 e. The molecule has 1 aliphatic rings. The molecule has 100 valence electrons. The molecule has 1 N–H and O–H groups in total. The van der Waals surface area contributed by atoms with E-state index in [0.29, 0.717) is 23.5 Å². The highest BCUT2D eigenvalue weighted by molar-refractivity contribution is 5.30. The summed E-state index contributed by atoms with van der Waals surface area (Å²) < 4.78 is 24.1. The molecule has 3 nitrogen and oxygen atoms in total. The smallest absolute Gasteiger partial charge is 0.131 e. The predicted octanol–water partition coefficient (Wildman–Crippen LogP) is 2.66. The molecule has 1 unspecified atom stereocenters. The Hall–Kier alpha value is -1.13. The summed E-state index contributed by atoms with van der Waals surface area (Å²) >= 11 is 0. The molecule has 1 aromatic rings. The Morgan fingerprint density at radius 3 is 2.61 bits per heavy atom. The second-order valence-electron chi connectivity index (χ2n) is 4.80. The van der Waals surface area contributed by atoms with Gasteiger partial charge in [0.1, 0.15) is 11.6 Å².